The van der Waals surface area contributed by atoms with Gasteiger partial charge in [-0.3, -0.25) is 0 Å². The van der Waals surface area contributed by atoms with Crippen molar-refractivity contribution in [2.45, 2.75) is 34.6 Å². The summed E-state index contributed by atoms with van der Waals surface area (Å²) in [4.78, 5) is 33.3. The number of benzene rings is 3. The molecule has 0 N–H and O–H groups in total. The van der Waals surface area contributed by atoms with Gasteiger partial charge in [-0.2, -0.15) is 0 Å². The summed E-state index contributed by atoms with van der Waals surface area (Å²) < 4.78 is 0. The van der Waals surface area contributed by atoms with E-state index in [0.29, 0.717) is 29.1 Å². The van der Waals surface area contributed by atoms with Gasteiger partial charge in [0.25, 0.3) is 0 Å². The lowest BCUT2D eigenvalue weighted by Crippen LogP contribution is -2.02. The number of aryl methyl sites for hydroxylation is 4. The Bertz CT molecular complexity index is 2110. The van der Waals surface area contributed by atoms with Gasteiger partial charge >= 0.3 is 0 Å². The van der Waals surface area contributed by atoms with Crippen molar-refractivity contribution in [3.8, 4) is 45.3 Å². The van der Waals surface area contributed by atoms with Gasteiger partial charge in [0, 0.05) is 45.0 Å². The fourth-order valence-electron chi connectivity index (χ4n) is 5.28. The molecule has 0 saturated carbocycles. The summed E-state index contributed by atoms with van der Waals surface area (Å²) in [6.45, 7) is 14.0. The van der Waals surface area contributed by atoms with E-state index in [4.69, 9.17) is 15.0 Å². The van der Waals surface area contributed by atoms with E-state index in [9.17, 15) is 0 Å². The molecule has 0 fully saturated rings. The molecule has 0 aliphatic rings. The van der Waals surface area contributed by atoms with Crippen molar-refractivity contribution in [3.05, 3.63) is 150 Å². The quantitative estimate of drug-likeness (QED) is 0.158. The molecule has 0 radical (unpaired) electrons. The second-order valence-corrected chi connectivity index (χ2v) is 11.5. The van der Waals surface area contributed by atoms with Crippen molar-refractivity contribution in [1.82, 2.24) is 34.9 Å². The minimum absolute atomic E-state index is 0.511. The molecule has 0 amide bonds. The largest absolute Gasteiger partial charge is 0.234 e. The molecule has 47 heavy (non-hydrogen) atoms. The van der Waals surface area contributed by atoms with Crippen LogP contribution in [0, 0.1) is 27.7 Å². The average Bonchev–Trinajstić information content (AvgIpc) is 3.08. The fraction of sp³-hybridized carbons (Fsp3) is 0.125. The Labute approximate surface area is 275 Å². The number of hydrogen-bond acceptors (Lipinski definition) is 7. The summed E-state index contributed by atoms with van der Waals surface area (Å²) in [5, 5.41) is 0. The van der Waals surface area contributed by atoms with Crippen LogP contribution in [-0.4, -0.2) is 34.9 Å². The van der Waals surface area contributed by atoms with Crippen LogP contribution in [0.15, 0.2) is 116 Å². The Morgan fingerprint density at radius 2 is 0.979 bits per heavy atom. The predicted molar refractivity (Wildman–Crippen MR) is 190 cm³/mol. The first kappa shape index (κ1) is 31.0. The molecule has 0 spiro atoms. The van der Waals surface area contributed by atoms with E-state index in [0.717, 1.165) is 61.7 Å². The Kier molecular flexibility index (Phi) is 8.97. The zero-order chi connectivity index (χ0) is 32.9. The molecule has 0 bridgehead atoms. The number of hydrogen-bond donors (Lipinski definition) is 0. The van der Waals surface area contributed by atoms with Gasteiger partial charge in [-0.05, 0) is 69.5 Å². The molecule has 7 nitrogen and oxygen atoms in total. The maximum atomic E-state index is 4.97. The molecule has 230 valence electrons. The highest BCUT2D eigenvalue weighted by Gasteiger charge is 2.14. The van der Waals surface area contributed by atoms with Gasteiger partial charge in [-0.15, -0.1) is 0 Å². The third-order valence-electron chi connectivity index (χ3n) is 7.57. The predicted octanol–water partition coefficient (Wildman–Crippen LogP) is 9.03. The molecular weight excluding hydrogens is 578 g/mol. The Morgan fingerprint density at radius 3 is 1.57 bits per heavy atom. The highest BCUT2D eigenvalue weighted by molar-refractivity contribution is 5.77. The Hall–Kier alpha value is -5.95. The number of aromatic nitrogens is 7. The van der Waals surface area contributed by atoms with Gasteiger partial charge in [0.2, 0.25) is 0 Å². The molecule has 6 rings (SSSR count). The van der Waals surface area contributed by atoms with Gasteiger partial charge in [0.15, 0.2) is 29.1 Å². The maximum Gasteiger partial charge on any atom is 0.164 e. The standard InChI is InChI=1S/C40H35N7/c1-7-30(17-16-25(2)36-41-26(3)22-27(4)42-36)37-45-39(33-20-18-32(19-21-33)38-43-28(5)23-29(6)44-38)47-40(46-37)35-15-11-14-34(24-35)31-12-9-8-10-13-31/h7-24H,1H2,2-6H3/b25-16+,30-17+. The third kappa shape index (κ3) is 7.31. The lowest BCUT2D eigenvalue weighted by Gasteiger charge is -2.10. The minimum Gasteiger partial charge on any atom is -0.234 e. The smallest absolute Gasteiger partial charge is 0.164 e. The molecule has 0 unspecified atom stereocenters. The number of allylic oxidation sites excluding steroid dienone is 5. The van der Waals surface area contributed by atoms with Crippen LogP contribution in [0.1, 0.15) is 41.3 Å². The maximum absolute atomic E-state index is 4.97. The third-order valence-corrected chi connectivity index (χ3v) is 7.57. The summed E-state index contributed by atoms with van der Waals surface area (Å²) in [5.41, 5.74) is 10.2. The molecule has 3 heterocycles. The zero-order valence-electron chi connectivity index (χ0n) is 27.2. The van der Waals surface area contributed by atoms with Crippen molar-refractivity contribution < 1.29 is 0 Å². The van der Waals surface area contributed by atoms with E-state index in [1.54, 1.807) is 6.08 Å². The minimum atomic E-state index is 0.511. The van der Waals surface area contributed by atoms with Crippen molar-refractivity contribution >= 4 is 11.1 Å². The van der Waals surface area contributed by atoms with Gasteiger partial charge in [-0.25, -0.2) is 34.9 Å². The summed E-state index contributed by atoms with van der Waals surface area (Å²) in [5.74, 6) is 3.00. The second-order valence-electron chi connectivity index (χ2n) is 11.5. The van der Waals surface area contributed by atoms with Crippen LogP contribution in [-0.2, 0) is 0 Å². The van der Waals surface area contributed by atoms with Gasteiger partial charge < -0.3 is 0 Å². The van der Waals surface area contributed by atoms with Crippen LogP contribution in [0.4, 0.5) is 0 Å². The lowest BCUT2D eigenvalue weighted by atomic mass is 10.0. The lowest BCUT2D eigenvalue weighted by molar-refractivity contribution is 1.02. The van der Waals surface area contributed by atoms with Gasteiger partial charge in [0.1, 0.15) is 0 Å². The van der Waals surface area contributed by atoms with Crippen molar-refractivity contribution in [3.63, 3.8) is 0 Å². The van der Waals surface area contributed by atoms with Gasteiger partial charge in [0.05, 0.1) is 0 Å². The zero-order valence-corrected chi connectivity index (χ0v) is 27.2. The molecule has 6 aromatic rings. The molecule has 0 aliphatic heterocycles. The Morgan fingerprint density at radius 1 is 0.468 bits per heavy atom. The van der Waals surface area contributed by atoms with Crippen molar-refractivity contribution in [1.29, 1.82) is 0 Å². The number of rotatable bonds is 8. The summed E-state index contributed by atoms with van der Waals surface area (Å²) in [6, 6.07) is 30.5. The average molecular weight is 614 g/mol. The summed E-state index contributed by atoms with van der Waals surface area (Å²) in [7, 11) is 0. The normalized spacial score (nSPS) is 11.9. The van der Waals surface area contributed by atoms with E-state index in [2.05, 4.69) is 50.8 Å². The number of nitrogens with zero attached hydrogens (tertiary/aromatic N) is 7. The first-order valence-electron chi connectivity index (χ1n) is 15.4. The molecule has 7 heteroatoms. The summed E-state index contributed by atoms with van der Waals surface area (Å²) >= 11 is 0. The molecule has 0 saturated heterocycles. The topological polar surface area (TPSA) is 90.2 Å². The molecule has 3 aromatic heterocycles. The Balaban J connectivity index is 1.45. The summed E-state index contributed by atoms with van der Waals surface area (Å²) in [6.07, 6.45) is 5.69. The molecular formula is C40H35N7. The van der Waals surface area contributed by atoms with Gasteiger partial charge in [-0.1, -0.05) is 97.6 Å². The second kappa shape index (κ2) is 13.6. The highest BCUT2D eigenvalue weighted by atomic mass is 15.0. The van der Waals surface area contributed by atoms with Crippen LogP contribution in [0.25, 0.3) is 56.4 Å². The van der Waals surface area contributed by atoms with Crippen LogP contribution in [0.2, 0.25) is 0 Å². The molecule has 0 aliphatic carbocycles. The van der Waals surface area contributed by atoms with E-state index < -0.39 is 0 Å². The van der Waals surface area contributed by atoms with E-state index in [-0.39, 0.29) is 0 Å². The van der Waals surface area contributed by atoms with E-state index in [1.807, 2.05) is 114 Å². The van der Waals surface area contributed by atoms with Crippen LogP contribution < -0.4 is 0 Å². The molecule has 3 aromatic carbocycles. The first-order valence-corrected chi connectivity index (χ1v) is 15.4. The van der Waals surface area contributed by atoms with Crippen molar-refractivity contribution in [2.24, 2.45) is 0 Å². The first-order chi connectivity index (χ1) is 22.7. The molecule has 0 atom stereocenters. The van der Waals surface area contributed by atoms with E-state index >= 15 is 0 Å². The van der Waals surface area contributed by atoms with Crippen LogP contribution in [0.3, 0.4) is 0 Å². The van der Waals surface area contributed by atoms with E-state index in [1.165, 1.54) is 0 Å². The highest BCUT2D eigenvalue weighted by Crippen LogP contribution is 2.28. The monoisotopic (exact) mass is 613 g/mol. The fourth-order valence-corrected chi connectivity index (χ4v) is 5.28. The SMILES string of the molecule is C=C/C(=C\C=C(/C)c1nc(C)cc(C)n1)c1nc(-c2ccc(-c3nc(C)cc(C)n3)cc2)nc(-c2cccc(-c3ccccc3)c2)n1. The van der Waals surface area contributed by atoms with Crippen molar-refractivity contribution in [2.75, 3.05) is 0 Å². The van der Waals surface area contributed by atoms with Crippen LogP contribution in [0.5, 0.6) is 0 Å². The van der Waals surface area contributed by atoms with Crippen LogP contribution >= 0.6 is 0 Å².